The van der Waals surface area contributed by atoms with E-state index in [0.717, 1.165) is 46.2 Å². The maximum atomic E-state index is 12.2. The van der Waals surface area contributed by atoms with Crippen molar-refractivity contribution in [1.82, 2.24) is 24.9 Å². The van der Waals surface area contributed by atoms with Crippen LogP contribution in [-0.2, 0) is 6.42 Å². The molecule has 0 aliphatic rings. The van der Waals surface area contributed by atoms with Gasteiger partial charge in [0.15, 0.2) is 5.65 Å². The van der Waals surface area contributed by atoms with Crippen molar-refractivity contribution in [3.05, 3.63) is 65.5 Å². The molecule has 0 fully saturated rings. The van der Waals surface area contributed by atoms with Crippen molar-refractivity contribution in [3.8, 4) is 11.3 Å². The van der Waals surface area contributed by atoms with Gasteiger partial charge in [0.05, 0.1) is 17.5 Å². The number of carbonyl (C=O) groups excluding carboxylic acids is 1. The van der Waals surface area contributed by atoms with Crippen LogP contribution >= 0.6 is 0 Å². The number of furan rings is 1. The number of nitrogens with one attached hydrogen (secondary N) is 2. The van der Waals surface area contributed by atoms with E-state index in [-0.39, 0.29) is 5.91 Å². The quantitative estimate of drug-likeness (QED) is 0.458. The fourth-order valence-electron chi connectivity index (χ4n) is 3.50. The summed E-state index contributed by atoms with van der Waals surface area (Å²) in [5, 5.41) is 11.1. The molecule has 0 unspecified atom stereocenters. The van der Waals surface area contributed by atoms with Crippen LogP contribution in [0.4, 0.5) is 5.82 Å². The zero-order chi connectivity index (χ0) is 21.1. The van der Waals surface area contributed by atoms with Gasteiger partial charge in [0.1, 0.15) is 11.6 Å². The van der Waals surface area contributed by atoms with E-state index < -0.39 is 0 Å². The molecule has 4 heterocycles. The molecule has 8 heteroatoms. The smallest absolute Gasteiger partial charge is 0.252 e. The van der Waals surface area contributed by atoms with Gasteiger partial charge in [0, 0.05) is 48.4 Å². The Bertz CT molecular complexity index is 1180. The lowest BCUT2D eigenvalue weighted by Crippen LogP contribution is -2.29. The summed E-state index contributed by atoms with van der Waals surface area (Å²) < 4.78 is 7.25. The van der Waals surface area contributed by atoms with E-state index in [1.807, 2.05) is 30.5 Å². The average Bonchev–Trinajstić information content (AvgIpc) is 3.36. The number of amides is 1. The van der Waals surface area contributed by atoms with E-state index in [1.54, 1.807) is 30.8 Å². The molecule has 0 aromatic carbocycles. The van der Waals surface area contributed by atoms with Crippen LogP contribution in [0.5, 0.6) is 0 Å². The first kappa shape index (κ1) is 19.6. The van der Waals surface area contributed by atoms with Crippen LogP contribution < -0.4 is 10.6 Å². The van der Waals surface area contributed by atoms with Gasteiger partial charge in [-0.2, -0.15) is 9.61 Å². The number of carbonyl (C=O) groups is 1. The highest BCUT2D eigenvalue weighted by atomic mass is 16.3. The standard InChI is InChI=1S/C22H24N6O2/c1-4-17-14(2)26-20-12-19(18-7-11-30-15(18)3)27-28(20)21(17)24-9-10-25-22(29)16-6-5-8-23-13-16/h5-8,11-13,24H,4,9-10H2,1-3H3,(H,25,29). The SMILES string of the molecule is CCc1c(C)nc2cc(-c3ccoc3C)nn2c1NCCNC(=O)c1cccnc1. The Balaban J connectivity index is 1.55. The van der Waals surface area contributed by atoms with Gasteiger partial charge >= 0.3 is 0 Å². The fraction of sp³-hybridized carbons (Fsp3) is 0.273. The fourth-order valence-corrected chi connectivity index (χ4v) is 3.50. The maximum absolute atomic E-state index is 12.2. The average molecular weight is 404 g/mol. The first-order valence-corrected chi connectivity index (χ1v) is 9.94. The monoisotopic (exact) mass is 404 g/mol. The van der Waals surface area contributed by atoms with Crippen LogP contribution in [0.1, 0.15) is 34.3 Å². The number of rotatable bonds is 7. The van der Waals surface area contributed by atoms with Gasteiger partial charge in [-0.25, -0.2) is 4.98 Å². The predicted molar refractivity (Wildman–Crippen MR) is 115 cm³/mol. The van der Waals surface area contributed by atoms with Crippen LogP contribution in [0.15, 0.2) is 47.3 Å². The molecule has 30 heavy (non-hydrogen) atoms. The van der Waals surface area contributed by atoms with Gasteiger partial charge in [0.2, 0.25) is 0 Å². The summed E-state index contributed by atoms with van der Waals surface area (Å²) in [6.07, 6.45) is 5.68. The second kappa shape index (κ2) is 8.36. The van der Waals surface area contributed by atoms with Crippen molar-refractivity contribution in [2.75, 3.05) is 18.4 Å². The molecule has 0 aliphatic heterocycles. The van der Waals surface area contributed by atoms with E-state index in [1.165, 1.54) is 0 Å². The molecule has 0 atom stereocenters. The van der Waals surface area contributed by atoms with Crippen molar-refractivity contribution < 1.29 is 9.21 Å². The number of fused-ring (bicyclic) bond motifs is 1. The molecule has 4 rings (SSSR count). The molecule has 0 bridgehead atoms. The molecule has 1 amide bonds. The number of hydrogen-bond donors (Lipinski definition) is 2. The molecule has 0 saturated carbocycles. The molecule has 4 aromatic heterocycles. The Labute approximate surface area is 174 Å². The number of nitrogens with zero attached hydrogens (tertiary/aromatic N) is 4. The second-order valence-corrected chi connectivity index (χ2v) is 6.99. The molecule has 0 saturated heterocycles. The molecule has 0 spiro atoms. The summed E-state index contributed by atoms with van der Waals surface area (Å²) in [6.45, 7) is 7.03. The van der Waals surface area contributed by atoms with Gasteiger partial charge < -0.3 is 15.1 Å². The molecular formula is C22H24N6O2. The van der Waals surface area contributed by atoms with Crippen LogP contribution in [0.3, 0.4) is 0 Å². The van der Waals surface area contributed by atoms with Gasteiger partial charge in [-0.1, -0.05) is 6.92 Å². The Morgan fingerprint density at radius 2 is 2.10 bits per heavy atom. The van der Waals surface area contributed by atoms with Crippen molar-refractivity contribution >= 4 is 17.4 Å². The third kappa shape index (κ3) is 3.76. The molecule has 8 nitrogen and oxygen atoms in total. The van der Waals surface area contributed by atoms with Gasteiger partial charge in [0.25, 0.3) is 5.91 Å². The summed E-state index contributed by atoms with van der Waals surface area (Å²) in [4.78, 5) is 20.9. The topological polar surface area (TPSA) is 97.4 Å². The highest BCUT2D eigenvalue weighted by Crippen LogP contribution is 2.27. The Morgan fingerprint density at radius 3 is 2.80 bits per heavy atom. The summed E-state index contributed by atoms with van der Waals surface area (Å²) >= 11 is 0. The van der Waals surface area contributed by atoms with Gasteiger partial charge in [-0.15, -0.1) is 0 Å². The first-order chi connectivity index (χ1) is 14.6. The summed E-state index contributed by atoms with van der Waals surface area (Å²) in [5.74, 6) is 1.56. The summed E-state index contributed by atoms with van der Waals surface area (Å²) in [6, 6.07) is 7.35. The molecular weight excluding hydrogens is 380 g/mol. The molecule has 4 aromatic rings. The highest BCUT2D eigenvalue weighted by molar-refractivity contribution is 5.93. The van der Waals surface area contributed by atoms with Gasteiger partial charge in [-0.05, 0) is 38.5 Å². The summed E-state index contributed by atoms with van der Waals surface area (Å²) in [7, 11) is 0. The van der Waals surface area contributed by atoms with Crippen LogP contribution in [0.25, 0.3) is 16.9 Å². The van der Waals surface area contributed by atoms with Crippen LogP contribution in [0.2, 0.25) is 0 Å². The number of aryl methyl sites for hydroxylation is 2. The zero-order valence-corrected chi connectivity index (χ0v) is 17.3. The highest BCUT2D eigenvalue weighted by Gasteiger charge is 2.16. The minimum atomic E-state index is -0.145. The van der Waals surface area contributed by atoms with Crippen molar-refractivity contribution in [1.29, 1.82) is 0 Å². The summed E-state index contributed by atoms with van der Waals surface area (Å²) in [5.41, 5.74) is 5.13. The van der Waals surface area contributed by atoms with E-state index >= 15 is 0 Å². The van der Waals surface area contributed by atoms with Gasteiger partial charge in [-0.3, -0.25) is 9.78 Å². The number of pyridine rings is 1. The molecule has 0 aliphatic carbocycles. The lowest BCUT2D eigenvalue weighted by molar-refractivity contribution is 0.0955. The second-order valence-electron chi connectivity index (χ2n) is 6.99. The Morgan fingerprint density at radius 1 is 1.23 bits per heavy atom. The van der Waals surface area contributed by atoms with Crippen LogP contribution in [0, 0.1) is 13.8 Å². The Hall–Kier alpha value is -3.68. The lowest BCUT2D eigenvalue weighted by atomic mass is 10.1. The Kier molecular flexibility index (Phi) is 5.47. The molecule has 2 N–H and O–H groups in total. The lowest BCUT2D eigenvalue weighted by Gasteiger charge is -2.15. The number of aromatic nitrogens is 4. The normalized spacial score (nSPS) is 11.0. The first-order valence-electron chi connectivity index (χ1n) is 9.94. The minimum absolute atomic E-state index is 0.145. The maximum Gasteiger partial charge on any atom is 0.252 e. The van der Waals surface area contributed by atoms with E-state index in [0.29, 0.717) is 18.7 Å². The van der Waals surface area contributed by atoms with Crippen molar-refractivity contribution in [3.63, 3.8) is 0 Å². The van der Waals surface area contributed by atoms with E-state index in [9.17, 15) is 4.79 Å². The largest absolute Gasteiger partial charge is 0.469 e. The predicted octanol–water partition coefficient (Wildman–Crippen LogP) is 3.41. The number of hydrogen-bond acceptors (Lipinski definition) is 6. The molecule has 154 valence electrons. The van der Waals surface area contributed by atoms with Crippen LogP contribution in [-0.4, -0.2) is 38.6 Å². The zero-order valence-electron chi connectivity index (χ0n) is 17.3. The van der Waals surface area contributed by atoms with E-state index in [2.05, 4.69) is 22.5 Å². The van der Waals surface area contributed by atoms with Crippen molar-refractivity contribution in [2.45, 2.75) is 27.2 Å². The molecule has 0 radical (unpaired) electrons. The third-order valence-corrected chi connectivity index (χ3v) is 5.02. The third-order valence-electron chi connectivity index (χ3n) is 5.02. The number of anilines is 1. The minimum Gasteiger partial charge on any atom is -0.469 e. The van der Waals surface area contributed by atoms with Crippen molar-refractivity contribution in [2.24, 2.45) is 0 Å². The van der Waals surface area contributed by atoms with E-state index in [4.69, 9.17) is 14.5 Å².